The average Bonchev–Trinajstić information content (AvgIpc) is 2.88. The highest BCUT2D eigenvalue weighted by Gasteiger charge is 2.16. The van der Waals surface area contributed by atoms with Gasteiger partial charge in [0.05, 0.1) is 25.2 Å². The molecule has 0 unspecified atom stereocenters. The Kier molecular flexibility index (Phi) is 5.35. The van der Waals surface area contributed by atoms with Gasteiger partial charge in [-0.05, 0) is 6.54 Å². The van der Waals surface area contributed by atoms with Gasteiger partial charge in [-0.25, -0.2) is 4.98 Å². The van der Waals surface area contributed by atoms with Crippen LogP contribution in [0.2, 0.25) is 0 Å². The Bertz CT molecular complexity index is 399. The van der Waals surface area contributed by atoms with Gasteiger partial charge in [0.15, 0.2) is 0 Å². The number of nitrogens with zero attached hydrogens (tertiary/aromatic N) is 3. The Morgan fingerprint density at radius 1 is 1.47 bits per heavy atom. The van der Waals surface area contributed by atoms with E-state index in [1.54, 1.807) is 6.33 Å². The molecule has 1 saturated heterocycles. The van der Waals surface area contributed by atoms with Crippen LogP contribution in [0.25, 0.3) is 0 Å². The molecule has 0 atom stereocenters. The maximum Gasteiger partial charge on any atom is 0.242 e. The molecule has 1 fully saturated rings. The van der Waals surface area contributed by atoms with Gasteiger partial charge in [0.1, 0.15) is 6.54 Å². The van der Waals surface area contributed by atoms with Gasteiger partial charge in [0.2, 0.25) is 5.91 Å². The maximum atomic E-state index is 12.0. The molecule has 0 aromatic carbocycles. The highest BCUT2D eigenvalue weighted by molar-refractivity contribution is 5.76. The van der Waals surface area contributed by atoms with Gasteiger partial charge in [-0.3, -0.25) is 4.79 Å². The van der Waals surface area contributed by atoms with Crippen molar-refractivity contribution in [3.63, 3.8) is 0 Å². The molecule has 2 rings (SSSR count). The van der Waals surface area contributed by atoms with E-state index < -0.39 is 0 Å². The van der Waals surface area contributed by atoms with Gasteiger partial charge in [0, 0.05) is 32.3 Å². The quantitative estimate of drug-likeness (QED) is 0.730. The van der Waals surface area contributed by atoms with Crippen LogP contribution in [0.5, 0.6) is 0 Å². The van der Waals surface area contributed by atoms with Gasteiger partial charge < -0.3 is 19.5 Å². The molecule has 0 radical (unpaired) electrons. The molecule has 6 heteroatoms. The molecule has 1 N–H and O–H groups in total. The summed E-state index contributed by atoms with van der Waals surface area (Å²) in [6.07, 6.45) is 4.59. The number of rotatable bonds is 6. The molecule has 106 valence electrons. The smallest absolute Gasteiger partial charge is 0.242 e. The van der Waals surface area contributed by atoms with Crippen LogP contribution in [-0.2, 0) is 22.5 Å². The van der Waals surface area contributed by atoms with E-state index in [1.165, 1.54) is 0 Å². The number of aromatic nitrogens is 2. The van der Waals surface area contributed by atoms with Gasteiger partial charge >= 0.3 is 0 Å². The molecule has 19 heavy (non-hydrogen) atoms. The minimum absolute atomic E-state index is 0.138. The standard InChI is InChI=1S/C13H22N4O2/c1-2-14-4-3-12-9-16(11-15-12)10-13(18)17-5-7-19-8-6-17/h9,11,14H,2-8,10H2,1H3. The number of likely N-dealkylation sites (N-methyl/N-ethyl adjacent to an activating group) is 1. The van der Waals surface area contributed by atoms with Crippen LogP contribution >= 0.6 is 0 Å². The van der Waals surface area contributed by atoms with Crippen LogP contribution in [0.4, 0.5) is 0 Å². The average molecular weight is 266 g/mol. The lowest BCUT2D eigenvalue weighted by Crippen LogP contribution is -2.42. The molecule has 1 aromatic rings. The predicted molar refractivity (Wildman–Crippen MR) is 71.9 cm³/mol. The topological polar surface area (TPSA) is 59.4 Å². The Morgan fingerprint density at radius 3 is 3.00 bits per heavy atom. The first kappa shape index (κ1) is 14.0. The summed E-state index contributed by atoms with van der Waals surface area (Å²) >= 11 is 0. The Labute approximate surface area is 113 Å². The highest BCUT2D eigenvalue weighted by atomic mass is 16.5. The normalized spacial score (nSPS) is 15.7. The SMILES string of the molecule is CCNCCc1cn(CC(=O)N2CCOCC2)cn1. The van der Waals surface area contributed by atoms with E-state index in [0.717, 1.165) is 25.2 Å². The highest BCUT2D eigenvalue weighted by Crippen LogP contribution is 2.02. The minimum Gasteiger partial charge on any atom is -0.378 e. The van der Waals surface area contributed by atoms with Crippen LogP contribution in [0.15, 0.2) is 12.5 Å². The van der Waals surface area contributed by atoms with Crippen LogP contribution in [0, 0.1) is 0 Å². The van der Waals surface area contributed by atoms with E-state index in [0.29, 0.717) is 32.8 Å². The molecule has 1 aromatic heterocycles. The van der Waals surface area contributed by atoms with Crippen molar-refractivity contribution >= 4 is 5.91 Å². The van der Waals surface area contributed by atoms with E-state index in [9.17, 15) is 4.79 Å². The first-order valence-corrected chi connectivity index (χ1v) is 6.86. The summed E-state index contributed by atoms with van der Waals surface area (Å²) < 4.78 is 7.10. The van der Waals surface area contributed by atoms with Gasteiger partial charge in [0.25, 0.3) is 0 Å². The lowest BCUT2D eigenvalue weighted by atomic mass is 10.3. The van der Waals surface area contributed by atoms with E-state index in [4.69, 9.17) is 4.74 Å². The van der Waals surface area contributed by atoms with Crippen LogP contribution in [-0.4, -0.2) is 59.8 Å². The van der Waals surface area contributed by atoms with Gasteiger partial charge in [-0.1, -0.05) is 6.92 Å². The molecule has 0 saturated carbocycles. The zero-order valence-electron chi connectivity index (χ0n) is 11.5. The number of imidazole rings is 1. The van der Waals surface area contributed by atoms with Crippen molar-refractivity contribution in [2.45, 2.75) is 19.9 Å². The van der Waals surface area contributed by atoms with Crippen LogP contribution in [0.3, 0.4) is 0 Å². The summed E-state index contributed by atoms with van der Waals surface area (Å²) in [5, 5.41) is 3.26. The third kappa shape index (κ3) is 4.33. The fraction of sp³-hybridized carbons (Fsp3) is 0.692. The summed E-state index contributed by atoms with van der Waals surface area (Å²) in [4.78, 5) is 18.2. The lowest BCUT2D eigenvalue weighted by Gasteiger charge is -2.26. The van der Waals surface area contributed by atoms with Crippen LogP contribution in [0.1, 0.15) is 12.6 Å². The third-order valence-electron chi connectivity index (χ3n) is 3.18. The van der Waals surface area contributed by atoms with E-state index in [2.05, 4.69) is 17.2 Å². The fourth-order valence-corrected chi connectivity index (χ4v) is 2.08. The van der Waals surface area contributed by atoms with E-state index >= 15 is 0 Å². The molecule has 0 bridgehead atoms. The zero-order valence-corrected chi connectivity index (χ0v) is 11.5. The molecule has 0 spiro atoms. The second kappa shape index (κ2) is 7.25. The predicted octanol–water partition coefficient (Wildman–Crippen LogP) is -0.106. The zero-order chi connectivity index (χ0) is 13.5. The van der Waals surface area contributed by atoms with Gasteiger partial charge in [-0.15, -0.1) is 0 Å². The first-order chi connectivity index (χ1) is 9.29. The van der Waals surface area contributed by atoms with Crippen molar-refractivity contribution in [2.24, 2.45) is 0 Å². The number of hydrogen-bond acceptors (Lipinski definition) is 4. The van der Waals surface area contributed by atoms with E-state index in [-0.39, 0.29) is 5.91 Å². The third-order valence-corrected chi connectivity index (χ3v) is 3.18. The number of morpholine rings is 1. The number of nitrogens with one attached hydrogen (secondary N) is 1. The number of hydrogen-bond donors (Lipinski definition) is 1. The molecule has 1 aliphatic heterocycles. The minimum atomic E-state index is 0.138. The number of ether oxygens (including phenoxy) is 1. The maximum absolute atomic E-state index is 12.0. The molecule has 6 nitrogen and oxygen atoms in total. The number of carbonyl (C=O) groups excluding carboxylic acids is 1. The summed E-state index contributed by atoms with van der Waals surface area (Å²) in [5.41, 5.74) is 1.02. The Morgan fingerprint density at radius 2 is 2.26 bits per heavy atom. The summed E-state index contributed by atoms with van der Waals surface area (Å²) in [6, 6.07) is 0. The fourth-order valence-electron chi connectivity index (χ4n) is 2.08. The van der Waals surface area contributed by atoms with Crippen molar-refractivity contribution in [1.29, 1.82) is 0 Å². The molecular formula is C13H22N4O2. The number of carbonyl (C=O) groups is 1. The second-order valence-electron chi connectivity index (χ2n) is 4.63. The molecule has 2 heterocycles. The number of amides is 1. The molecule has 1 amide bonds. The lowest BCUT2D eigenvalue weighted by molar-refractivity contribution is -0.135. The first-order valence-electron chi connectivity index (χ1n) is 6.86. The largest absolute Gasteiger partial charge is 0.378 e. The van der Waals surface area contributed by atoms with Crippen molar-refractivity contribution < 1.29 is 9.53 Å². The molecule has 0 aliphatic carbocycles. The summed E-state index contributed by atoms with van der Waals surface area (Å²) in [7, 11) is 0. The summed E-state index contributed by atoms with van der Waals surface area (Å²) in [5.74, 6) is 0.138. The van der Waals surface area contributed by atoms with E-state index in [1.807, 2.05) is 15.7 Å². The summed E-state index contributed by atoms with van der Waals surface area (Å²) in [6.45, 7) is 7.02. The monoisotopic (exact) mass is 266 g/mol. The Hall–Kier alpha value is -1.40. The Balaban J connectivity index is 1.80. The second-order valence-corrected chi connectivity index (χ2v) is 4.63. The van der Waals surface area contributed by atoms with Crippen molar-refractivity contribution in [3.05, 3.63) is 18.2 Å². The van der Waals surface area contributed by atoms with Crippen molar-refractivity contribution in [2.75, 3.05) is 39.4 Å². The van der Waals surface area contributed by atoms with Crippen molar-refractivity contribution in [3.8, 4) is 0 Å². The molecule has 1 aliphatic rings. The molecular weight excluding hydrogens is 244 g/mol. The van der Waals surface area contributed by atoms with Crippen molar-refractivity contribution in [1.82, 2.24) is 19.8 Å². The van der Waals surface area contributed by atoms with Gasteiger partial charge in [-0.2, -0.15) is 0 Å². The van der Waals surface area contributed by atoms with Crippen LogP contribution < -0.4 is 5.32 Å².